The molecule has 0 atom stereocenters. The molecular formula is C18H29N. The molecule has 0 aliphatic heterocycles. The predicted octanol–water partition coefficient (Wildman–Crippen LogP) is 5.52. The van der Waals surface area contributed by atoms with Gasteiger partial charge in [-0.15, -0.1) is 0 Å². The molecule has 0 saturated heterocycles. The van der Waals surface area contributed by atoms with E-state index in [0.717, 1.165) is 12.1 Å². The maximum Gasteiger partial charge on any atom is 0.0397 e. The largest absolute Gasteiger partial charge is 0.293 e. The molecule has 0 spiro atoms. The van der Waals surface area contributed by atoms with Crippen molar-refractivity contribution in [3.05, 3.63) is 47.6 Å². The standard InChI is InChI=1S/C18H29N/c1-9-10-11-16(14(2)3)12-15(4)13-17(19-8)18(5,6)7/h9-11,13H,1,12H2,2-8H3/b11-10-,15-13-,19-17?. The Labute approximate surface area is 119 Å². The van der Waals surface area contributed by atoms with Crippen molar-refractivity contribution in [3.8, 4) is 0 Å². The molecular weight excluding hydrogens is 230 g/mol. The lowest BCUT2D eigenvalue weighted by atomic mass is 9.88. The Morgan fingerprint density at radius 2 is 1.74 bits per heavy atom. The SMILES string of the molecule is C=C/C=C\C(C/C(C)=C\C(=NC)C(C)(C)C)=C(C)C. The minimum atomic E-state index is 0.0953. The van der Waals surface area contributed by atoms with Crippen molar-refractivity contribution >= 4 is 5.71 Å². The van der Waals surface area contributed by atoms with Gasteiger partial charge in [-0.2, -0.15) is 0 Å². The van der Waals surface area contributed by atoms with Crippen LogP contribution in [0.4, 0.5) is 0 Å². The van der Waals surface area contributed by atoms with Gasteiger partial charge in [-0.3, -0.25) is 4.99 Å². The lowest BCUT2D eigenvalue weighted by Crippen LogP contribution is -2.18. The van der Waals surface area contributed by atoms with Crippen molar-refractivity contribution in [1.29, 1.82) is 0 Å². The summed E-state index contributed by atoms with van der Waals surface area (Å²) >= 11 is 0. The van der Waals surface area contributed by atoms with Crippen molar-refractivity contribution in [1.82, 2.24) is 0 Å². The highest BCUT2D eigenvalue weighted by Crippen LogP contribution is 2.21. The maximum absolute atomic E-state index is 4.40. The number of allylic oxidation sites excluding steroid dienone is 7. The lowest BCUT2D eigenvalue weighted by Gasteiger charge is -2.19. The van der Waals surface area contributed by atoms with Crippen molar-refractivity contribution in [2.75, 3.05) is 7.05 Å². The summed E-state index contributed by atoms with van der Waals surface area (Å²) in [7, 11) is 1.86. The van der Waals surface area contributed by atoms with E-state index < -0.39 is 0 Å². The Morgan fingerprint density at radius 1 is 1.16 bits per heavy atom. The Bertz CT molecular complexity index is 419. The number of rotatable bonds is 5. The van der Waals surface area contributed by atoms with E-state index in [1.165, 1.54) is 16.7 Å². The van der Waals surface area contributed by atoms with Gasteiger partial charge >= 0.3 is 0 Å². The van der Waals surface area contributed by atoms with Gasteiger partial charge < -0.3 is 0 Å². The predicted molar refractivity (Wildman–Crippen MR) is 88.9 cm³/mol. The average Bonchev–Trinajstić information content (AvgIpc) is 2.29. The van der Waals surface area contributed by atoms with Crippen LogP contribution in [0.25, 0.3) is 0 Å². The minimum absolute atomic E-state index is 0.0953. The second kappa shape index (κ2) is 7.93. The zero-order valence-corrected chi connectivity index (χ0v) is 13.7. The summed E-state index contributed by atoms with van der Waals surface area (Å²) in [6.45, 7) is 16.8. The summed E-state index contributed by atoms with van der Waals surface area (Å²) in [6, 6.07) is 0. The molecule has 1 heteroatoms. The quantitative estimate of drug-likeness (QED) is 0.455. The van der Waals surface area contributed by atoms with E-state index in [4.69, 9.17) is 0 Å². The zero-order valence-electron chi connectivity index (χ0n) is 13.7. The van der Waals surface area contributed by atoms with E-state index in [1.54, 1.807) is 0 Å². The molecule has 0 rings (SSSR count). The molecule has 0 aliphatic rings. The molecule has 0 aliphatic carbocycles. The molecule has 0 heterocycles. The summed E-state index contributed by atoms with van der Waals surface area (Å²) in [6.07, 6.45) is 9.12. The Hall–Kier alpha value is -1.37. The van der Waals surface area contributed by atoms with Gasteiger partial charge in [0, 0.05) is 18.2 Å². The third-order valence-electron chi connectivity index (χ3n) is 2.94. The first-order valence-corrected chi connectivity index (χ1v) is 6.82. The monoisotopic (exact) mass is 259 g/mol. The van der Waals surface area contributed by atoms with Crippen LogP contribution in [0.1, 0.15) is 48.0 Å². The molecule has 0 aromatic heterocycles. The highest BCUT2D eigenvalue weighted by Gasteiger charge is 2.16. The highest BCUT2D eigenvalue weighted by atomic mass is 14.7. The molecule has 1 nitrogen and oxygen atoms in total. The van der Waals surface area contributed by atoms with E-state index in [9.17, 15) is 0 Å². The highest BCUT2D eigenvalue weighted by molar-refractivity contribution is 5.99. The fourth-order valence-electron chi connectivity index (χ4n) is 1.79. The molecule has 19 heavy (non-hydrogen) atoms. The summed E-state index contributed by atoms with van der Waals surface area (Å²) in [5.74, 6) is 0. The third-order valence-corrected chi connectivity index (χ3v) is 2.94. The number of hydrogen-bond acceptors (Lipinski definition) is 1. The first-order valence-electron chi connectivity index (χ1n) is 6.82. The molecule has 0 saturated carbocycles. The normalized spacial score (nSPS) is 13.8. The van der Waals surface area contributed by atoms with E-state index in [1.807, 2.05) is 19.2 Å². The van der Waals surface area contributed by atoms with Crippen molar-refractivity contribution in [2.45, 2.75) is 48.0 Å². The van der Waals surface area contributed by atoms with Crippen LogP contribution in [0.3, 0.4) is 0 Å². The fraction of sp³-hybridized carbons (Fsp3) is 0.500. The van der Waals surface area contributed by atoms with E-state index in [-0.39, 0.29) is 5.41 Å². The number of aliphatic imine (C=N–C) groups is 1. The van der Waals surface area contributed by atoms with Crippen LogP contribution >= 0.6 is 0 Å². The average molecular weight is 259 g/mol. The molecule has 0 unspecified atom stereocenters. The van der Waals surface area contributed by atoms with E-state index >= 15 is 0 Å². The van der Waals surface area contributed by atoms with Crippen LogP contribution in [-0.2, 0) is 0 Å². The van der Waals surface area contributed by atoms with Crippen LogP contribution in [0.2, 0.25) is 0 Å². The van der Waals surface area contributed by atoms with Gasteiger partial charge in [-0.1, -0.05) is 56.7 Å². The van der Waals surface area contributed by atoms with Crippen molar-refractivity contribution in [3.63, 3.8) is 0 Å². The van der Waals surface area contributed by atoms with E-state index in [0.29, 0.717) is 0 Å². The first-order chi connectivity index (χ1) is 8.72. The molecule has 0 fully saturated rings. The Balaban J connectivity index is 5.13. The molecule has 0 N–H and O–H groups in total. The molecule has 0 radical (unpaired) electrons. The van der Waals surface area contributed by atoms with Gasteiger partial charge in [-0.05, 0) is 38.8 Å². The second-order valence-electron chi connectivity index (χ2n) is 6.15. The first kappa shape index (κ1) is 17.6. The summed E-state index contributed by atoms with van der Waals surface area (Å²) in [5.41, 5.74) is 5.26. The fourth-order valence-corrected chi connectivity index (χ4v) is 1.79. The topological polar surface area (TPSA) is 12.4 Å². The van der Waals surface area contributed by atoms with Gasteiger partial charge in [0.15, 0.2) is 0 Å². The zero-order chi connectivity index (χ0) is 15.1. The van der Waals surface area contributed by atoms with Crippen LogP contribution in [0.15, 0.2) is 52.6 Å². The second-order valence-corrected chi connectivity index (χ2v) is 6.15. The smallest absolute Gasteiger partial charge is 0.0397 e. The molecule has 106 valence electrons. The Morgan fingerprint density at radius 3 is 2.11 bits per heavy atom. The third kappa shape index (κ3) is 6.95. The van der Waals surface area contributed by atoms with Crippen LogP contribution in [0.5, 0.6) is 0 Å². The summed E-state index contributed by atoms with van der Waals surface area (Å²) in [5, 5.41) is 0. The van der Waals surface area contributed by atoms with Crippen LogP contribution in [0, 0.1) is 5.41 Å². The molecule has 0 bridgehead atoms. The van der Waals surface area contributed by atoms with Gasteiger partial charge in [0.05, 0.1) is 0 Å². The van der Waals surface area contributed by atoms with Gasteiger partial charge in [0.25, 0.3) is 0 Å². The summed E-state index contributed by atoms with van der Waals surface area (Å²) < 4.78 is 0. The lowest BCUT2D eigenvalue weighted by molar-refractivity contribution is 0.593. The van der Waals surface area contributed by atoms with Gasteiger partial charge in [0.1, 0.15) is 0 Å². The van der Waals surface area contributed by atoms with Gasteiger partial charge in [0.2, 0.25) is 0 Å². The maximum atomic E-state index is 4.40. The molecule has 0 aromatic rings. The minimum Gasteiger partial charge on any atom is -0.293 e. The number of hydrogen-bond donors (Lipinski definition) is 0. The van der Waals surface area contributed by atoms with Gasteiger partial charge in [-0.25, -0.2) is 0 Å². The molecule has 0 aromatic carbocycles. The van der Waals surface area contributed by atoms with Crippen molar-refractivity contribution in [2.24, 2.45) is 10.4 Å². The number of nitrogens with zero attached hydrogens (tertiary/aromatic N) is 1. The van der Waals surface area contributed by atoms with Crippen LogP contribution in [-0.4, -0.2) is 12.8 Å². The van der Waals surface area contributed by atoms with E-state index in [2.05, 4.69) is 65.3 Å². The van der Waals surface area contributed by atoms with Crippen LogP contribution < -0.4 is 0 Å². The summed E-state index contributed by atoms with van der Waals surface area (Å²) in [4.78, 5) is 4.40. The van der Waals surface area contributed by atoms with Crippen molar-refractivity contribution < 1.29 is 0 Å². The molecule has 0 amide bonds. The Kier molecular flexibility index (Phi) is 7.36.